The van der Waals surface area contributed by atoms with E-state index >= 15 is 0 Å². The first kappa shape index (κ1) is 140. The van der Waals surface area contributed by atoms with Crippen molar-refractivity contribution < 1.29 is 105 Å². The van der Waals surface area contributed by atoms with Gasteiger partial charge in [0, 0.05) is 143 Å². The van der Waals surface area contributed by atoms with Crippen molar-refractivity contribution in [2.75, 3.05) is 49.1 Å². The Labute approximate surface area is 937 Å². The lowest BCUT2D eigenvalue weighted by atomic mass is 9.71. The number of hydrogen-bond acceptors (Lipinski definition) is 30. The predicted octanol–water partition coefficient (Wildman–Crippen LogP) is 18.4. The molecule has 14 rings (SSSR count). The highest BCUT2D eigenvalue weighted by molar-refractivity contribution is 8.03. The minimum absolute atomic E-state index is 0. The number of benzene rings is 7. The van der Waals surface area contributed by atoms with Gasteiger partial charge >= 0.3 is 11.9 Å². The Hall–Kier alpha value is -9.04. The minimum atomic E-state index is -4.49. The highest BCUT2D eigenvalue weighted by atomic mass is 32.2. The van der Waals surface area contributed by atoms with Gasteiger partial charge in [0.2, 0.25) is 0 Å². The zero-order valence-electron chi connectivity index (χ0n) is 81.1. The summed E-state index contributed by atoms with van der Waals surface area (Å²) >= 11 is 2.32. The van der Waals surface area contributed by atoms with E-state index in [-0.39, 0.29) is 284 Å². The Balaban J connectivity index is 0.00000229. The van der Waals surface area contributed by atoms with E-state index in [9.17, 15) is 76.1 Å². The predicted molar refractivity (Wildman–Crippen MR) is 620 cm³/mol. The molecule has 2 aliphatic carbocycles. The number of aromatic nitrogens is 2. The first-order valence-electron chi connectivity index (χ1n) is 43.8. The maximum atomic E-state index is 13.6. The lowest BCUT2D eigenvalue weighted by molar-refractivity contribution is -0.940. The summed E-state index contributed by atoms with van der Waals surface area (Å²) in [5.41, 5.74) is 5.76. The first-order valence-corrected chi connectivity index (χ1v) is 51.2. The Morgan fingerprint density at radius 2 is 0.779 bits per heavy atom. The molecule has 17 N–H and O–H groups in total. The van der Waals surface area contributed by atoms with Gasteiger partial charge in [-0.3, -0.25) is 48.2 Å². The summed E-state index contributed by atoms with van der Waals surface area (Å²) in [6.07, 6.45) is 7.61. The molecule has 7 aromatic carbocycles. The van der Waals surface area contributed by atoms with Crippen molar-refractivity contribution in [2.45, 2.75) is 137 Å². The van der Waals surface area contributed by atoms with E-state index in [4.69, 9.17) is 71.3 Å². The van der Waals surface area contributed by atoms with Crippen molar-refractivity contribution in [2.24, 2.45) is 11.8 Å². The van der Waals surface area contributed by atoms with E-state index in [1.807, 2.05) is 102 Å². The summed E-state index contributed by atoms with van der Waals surface area (Å²) in [7, 11) is -4.49. The maximum absolute atomic E-state index is 13.6. The fourth-order valence-corrected chi connectivity index (χ4v) is 17.0. The Kier molecular flexibility index (Phi) is 70.3. The van der Waals surface area contributed by atoms with E-state index < -0.39 is 86.9 Å². The summed E-state index contributed by atoms with van der Waals surface area (Å²) in [5.74, 6) is -8.02. The molecule has 0 radical (unpaired) electrons. The molecular weight excluding hydrogens is 2200 g/mol. The second-order valence-corrected chi connectivity index (χ2v) is 35.1. The average Bonchev–Trinajstić information content (AvgIpc) is 1.43. The molecule has 2 saturated heterocycles. The van der Waals surface area contributed by atoms with Crippen LogP contribution < -0.4 is 41.4 Å². The molecule has 43 nitrogen and oxygen atoms in total. The molecule has 8 amide bonds. The molecule has 8 bridgehead atoms. The van der Waals surface area contributed by atoms with Gasteiger partial charge in [0.15, 0.2) is 11.5 Å². The average molecular weight is 2320 g/mol. The first-order chi connectivity index (χ1) is 68.7. The Morgan fingerprint density at radius 3 is 1.07 bits per heavy atom. The van der Waals surface area contributed by atoms with Crippen LogP contribution in [-0.4, -0.2) is 165 Å². The van der Waals surface area contributed by atoms with Crippen molar-refractivity contribution in [3.05, 3.63) is 300 Å². The number of Topliss-reactive ketones (excluding diaryl/α,β-unsaturated/α-hetero) is 1. The molecule has 0 saturated carbocycles. The molecule has 149 heavy (non-hydrogen) atoms. The number of imide groups is 2. The van der Waals surface area contributed by atoms with E-state index in [0.717, 1.165) is 95.2 Å². The second kappa shape index (κ2) is 74.9. The van der Waals surface area contributed by atoms with E-state index in [1.165, 1.54) is 6.54 Å². The van der Waals surface area contributed by atoms with Crippen LogP contribution in [0.1, 0.15) is 169 Å². The van der Waals surface area contributed by atoms with E-state index in [2.05, 4.69) is 75.2 Å². The van der Waals surface area contributed by atoms with Gasteiger partial charge in [0.1, 0.15) is 35.9 Å². The van der Waals surface area contributed by atoms with Crippen LogP contribution in [0.4, 0.5) is 5.69 Å². The van der Waals surface area contributed by atoms with Crippen LogP contribution in [0.5, 0.6) is 0 Å². The van der Waals surface area contributed by atoms with Crippen LogP contribution >= 0.6 is 166 Å². The molecule has 57 heteroatoms. The summed E-state index contributed by atoms with van der Waals surface area (Å²) in [5, 5.41) is 117. The van der Waals surface area contributed by atoms with Crippen molar-refractivity contribution in [1.82, 2.24) is 41.4 Å². The number of quaternary nitrogens is 1. The number of hydrogen-bond donors (Lipinski definition) is 5. The van der Waals surface area contributed by atoms with Crippen molar-refractivity contribution in [3.8, 4) is 0 Å². The number of fused-ring (bicyclic) bond motifs is 10. The fraction of sp³-hybridized carbons (Fsp3) is 0.326. The summed E-state index contributed by atoms with van der Waals surface area (Å²) in [6.45, 7) is 14.5. The number of anilines is 1. The number of amides is 8. The molecule has 1 atom stereocenters. The topological polar surface area (TPSA) is 705 Å². The standard InChI is InChI=1S/C46H34N6O4.C38H44N4O16S2.C8H19N.6H2N2S.6H2S/c53-43-39-19-9-21-41(51-39)45(55)49-25-37-31-15-5-7-17-33(31)38(34-18-8-6-16-32(34)37)26-50-46(56)42-22-10-20-40(52-42)44(54)48-24-36-28-12-2-1-11-27(28)35(23-47-43)29-13-3-4-14-30(29)36;43-29-15-16-30(44)41(29)55-33(47)5-1-19-39(21-3-23-59-58-57-51)27-11-7-25(8-12-27)35-37(49)36(38(35)50)26-9-13-28(14-10-26)40(22-4-24-60(52,53)54)20-2-6-34(48)56-42-31(45)17-18-32(42)46;1-6-9(7(2)3)8(4)5;6*1-3-2;;;;;;/h1-22H,23-26H2,(H,47,53)(H,48,54)(H,49,55)(H,50,56);7-14,25,35H,1-6,15-24H2,(H2-,49,51,52,53,54);7-8H,6H2,1-5H3;6*1-2H;6*1H2/q;;;6*-2;;;;;;/p-1. The third-order valence-corrected chi connectivity index (χ3v) is 23.6. The largest absolute Gasteiger partial charge is 0.874 e. The molecule has 2 aromatic heterocycles. The van der Waals surface area contributed by atoms with E-state index in [1.54, 1.807) is 94.8 Å². The lowest BCUT2D eigenvalue weighted by Crippen LogP contribution is -3.17. The number of pyridine rings is 2. The van der Waals surface area contributed by atoms with Crippen molar-refractivity contribution in [1.29, 1.82) is 0 Å². The molecule has 0 spiro atoms. The quantitative estimate of drug-likeness (QED) is 0.00387. The Morgan fingerprint density at radius 1 is 0.470 bits per heavy atom. The van der Waals surface area contributed by atoms with Crippen LogP contribution in [0.25, 0.3) is 110 Å². The number of nitrogens with one attached hydrogen (secondary N) is 17. The maximum Gasteiger partial charge on any atom is 0.333 e. The number of carbonyl (C=O) groups is 11. The normalized spacial score (nSPS) is 14.5. The van der Waals surface area contributed by atoms with Crippen molar-refractivity contribution in [3.63, 3.8) is 0 Å². The van der Waals surface area contributed by atoms with Gasteiger partial charge in [-0.15, -0.1) is 15.9 Å². The Bertz CT molecular complexity index is 5530. The molecular formula is C92H120N23O20S14-13. The van der Waals surface area contributed by atoms with Crippen LogP contribution in [-0.2, 0) is 88.9 Å². The van der Waals surface area contributed by atoms with Gasteiger partial charge in [0.05, 0.1) is 35.2 Å². The molecule has 3 aliphatic heterocycles. The number of rotatable bonds is 26. The molecule has 5 heterocycles. The third kappa shape index (κ3) is 43.4. The zero-order chi connectivity index (χ0) is 105. The van der Waals surface area contributed by atoms with E-state index in [0.29, 0.717) is 53.1 Å². The monoisotopic (exact) mass is 2310 g/mol. The molecule has 9 aromatic rings. The number of nitrogens with zero attached hydrogens (tertiary/aromatic N) is 6. The molecule has 2 fully saturated rings. The van der Waals surface area contributed by atoms with Crippen LogP contribution in [0.2, 0.25) is 0 Å². The van der Waals surface area contributed by atoms with Gasteiger partial charge in [-0.1, -0.05) is 133 Å². The second-order valence-electron chi connectivity index (χ2n) is 31.5. The molecule has 820 valence electrons. The smallest absolute Gasteiger partial charge is 0.333 e. The zero-order valence-corrected chi connectivity index (χ0v) is 93.6. The summed E-state index contributed by atoms with van der Waals surface area (Å²) < 4.78 is 40.0. The van der Waals surface area contributed by atoms with Crippen LogP contribution in [0, 0.1) is 11.8 Å². The van der Waals surface area contributed by atoms with Crippen LogP contribution in [0.3, 0.4) is 0 Å². The summed E-state index contributed by atoms with van der Waals surface area (Å²) in [4.78, 5) is 162. The van der Waals surface area contributed by atoms with Gasteiger partial charge < -0.3 is 190 Å². The van der Waals surface area contributed by atoms with Gasteiger partial charge in [-0.05, 0) is 155 Å². The van der Waals surface area contributed by atoms with Gasteiger partial charge in [0.25, 0.3) is 47.3 Å². The number of ketones is 1. The molecule has 5 aliphatic rings. The fourth-order valence-electron chi connectivity index (χ4n) is 16.2. The highest BCUT2D eigenvalue weighted by Gasteiger charge is 2.40. The van der Waals surface area contributed by atoms with Gasteiger partial charge in [-0.25, -0.2) is 32.6 Å². The number of carbonyl (C=O) groups excluding carboxylic acids is 11. The van der Waals surface area contributed by atoms with Gasteiger partial charge in [-0.2, -0.15) is 85.3 Å². The molecule has 1 unspecified atom stereocenters. The lowest BCUT2D eigenvalue weighted by Gasteiger charge is -2.40. The number of allylic oxidation sites excluding steroid dienone is 6. The SMILES string of the molecule is CC[NH+](C(C)C)C(C)C.O=C(CCCN(CCCS(=O)(=O)[O-])c1ccc(C2=C([O-])C(C3C=CC(=[N+](CCCSOO[O-])CCCC(=O)ON4C(=O)CCC4=O)C=C3)C2=O)cc1)ON1C(=O)CCC1=O.O=C1NCc2c3ccccc3c(c3ccccc23)CNC(=O)c2cccc(n2)C(=O)NCc2c3ccccc3c(c3ccccc23)CNC(=O)c2cccc1n2.S.S.S.S.S.S.[NH-]S[NH-].[NH-]S[NH-].[NH-]S[NH-].[NH-]S[NH-].[NH-]S[NH-].[NH-]S[NH-]. The summed E-state index contributed by atoms with van der Waals surface area (Å²) in [6, 6.07) is 49.1. The number of hydroxylamine groups is 4. The van der Waals surface area contributed by atoms with Crippen LogP contribution in [0.15, 0.2) is 188 Å². The van der Waals surface area contributed by atoms with Crippen molar-refractivity contribution >= 4 is 301 Å². The highest BCUT2D eigenvalue weighted by Crippen LogP contribution is 2.42. The minimum Gasteiger partial charge on any atom is -0.874 e. The third-order valence-electron chi connectivity index (χ3n) is 22.2.